The zero-order valence-corrected chi connectivity index (χ0v) is 17.2. The maximum absolute atomic E-state index is 12.4. The van der Waals surface area contributed by atoms with Crippen molar-refractivity contribution < 1.29 is 14.3 Å². The van der Waals surface area contributed by atoms with Crippen LogP contribution in [0, 0.1) is 0 Å². The fourth-order valence-electron chi connectivity index (χ4n) is 3.28. The summed E-state index contributed by atoms with van der Waals surface area (Å²) in [5, 5.41) is 9.88. The molecule has 0 radical (unpaired) electrons. The number of hydrogen-bond acceptors (Lipinski definition) is 6. The van der Waals surface area contributed by atoms with Gasteiger partial charge in [0.2, 0.25) is 0 Å². The SMILES string of the molecule is O=C(NCc1cccc(OCCN2CCOCC2)c1)Nc1cccnc1-n1cccn1. The van der Waals surface area contributed by atoms with Crippen LogP contribution in [0.2, 0.25) is 0 Å². The van der Waals surface area contributed by atoms with Crippen molar-refractivity contribution in [2.45, 2.75) is 6.54 Å². The second-order valence-electron chi connectivity index (χ2n) is 7.08. The Morgan fingerprint density at radius 2 is 2.03 bits per heavy atom. The fraction of sp³-hybridized carbons (Fsp3) is 0.318. The standard InChI is InChI=1S/C22H26N6O3/c29-22(26-20-6-2-7-23-21(20)28-9-3-8-25-28)24-17-18-4-1-5-19(16-18)31-15-12-27-10-13-30-14-11-27/h1-9,16H,10-15,17H2,(H2,24,26,29). The van der Waals surface area contributed by atoms with Crippen molar-refractivity contribution in [3.05, 3.63) is 66.6 Å². The molecule has 1 aliphatic heterocycles. The van der Waals surface area contributed by atoms with Gasteiger partial charge >= 0.3 is 6.03 Å². The Balaban J connectivity index is 1.27. The molecule has 0 atom stereocenters. The molecule has 3 heterocycles. The molecule has 1 saturated heterocycles. The number of urea groups is 1. The van der Waals surface area contributed by atoms with Crippen molar-refractivity contribution in [3.63, 3.8) is 0 Å². The molecule has 0 saturated carbocycles. The number of aromatic nitrogens is 3. The summed E-state index contributed by atoms with van der Waals surface area (Å²) < 4.78 is 12.8. The topological polar surface area (TPSA) is 93.5 Å². The van der Waals surface area contributed by atoms with E-state index in [0.717, 1.165) is 44.2 Å². The fourth-order valence-corrected chi connectivity index (χ4v) is 3.28. The second kappa shape index (κ2) is 10.6. The van der Waals surface area contributed by atoms with Crippen LogP contribution in [-0.4, -0.2) is 65.2 Å². The lowest BCUT2D eigenvalue weighted by atomic mass is 10.2. The van der Waals surface area contributed by atoms with Crippen LogP contribution in [0.5, 0.6) is 5.75 Å². The number of carbonyl (C=O) groups excluding carboxylic acids is 1. The highest BCUT2D eigenvalue weighted by atomic mass is 16.5. The molecule has 0 bridgehead atoms. The number of ether oxygens (including phenoxy) is 2. The van der Waals surface area contributed by atoms with Crippen molar-refractivity contribution >= 4 is 11.7 Å². The van der Waals surface area contributed by atoms with Crippen LogP contribution in [0.25, 0.3) is 5.82 Å². The summed E-state index contributed by atoms with van der Waals surface area (Å²) in [6.45, 7) is 5.33. The third-order valence-electron chi connectivity index (χ3n) is 4.89. The number of benzene rings is 1. The largest absolute Gasteiger partial charge is 0.492 e. The Bertz CT molecular complexity index is 973. The molecule has 0 aliphatic carbocycles. The Labute approximate surface area is 181 Å². The highest BCUT2D eigenvalue weighted by Crippen LogP contribution is 2.16. The summed E-state index contributed by atoms with van der Waals surface area (Å²) in [5.41, 5.74) is 1.53. The van der Waals surface area contributed by atoms with Crippen LogP contribution in [0.15, 0.2) is 61.1 Å². The first-order valence-corrected chi connectivity index (χ1v) is 10.3. The Morgan fingerprint density at radius 3 is 2.87 bits per heavy atom. The molecule has 2 amide bonds. The number of hydrogen-bond donors (Lipinski definition) is 2. The van der Waals surface area contributed by atoms with Gasteiger partial charge in [0.25, 0.3) is 0 Å². The normalized spacial score (nSPS) is 14.2. The number of pyridine rings is 1. The zero-order chi connectivity index (χ0) is 21.3. The van der Waals surface area contributed by atoms with Gasteiger partial charge in [-0.25, -0.2) is 14.5 Å². The van der Waals surface area contributed by atoms with E-state index in [2.05, 4.69) is 25.6 Å². The number of nitrogens with zero attached hydrogens (tertiary/aromatic N) is 4. The van der Waals surface area contributed by atoms with E-state index in [-0.39, 0.29) is 6.03 Å². The van der Waals surface area contributed by atoms with Gasteiger partial charge in [-0.05, 0) is 35.9 Å². The molecular formula is C22H26N6O3. The molecular weight excluding hydrogens is 396 g/mol. The molecule has 0 unspecified atom stereocenters. The van der Waals surface area contributed by atoms with Gasteiger partial charge in [0.05, 0.1) is 18.9 Å². The minimum atomic E-state index is -0.319. The number of anilines is 1. The quantitative estimate of drug-likeness (QED) is 0.579. The molecule has 9 nitrogen and oxygen atoms in total. The summed E-state index contributed by atoms with van der Waals surface area (Å²) in [6.07, 6.45) is 5.09. The average Bonchev–Trinajstić information content (AvgIpc) is 3.34. The molecule has 0 spiro atoms. The van der Waals surface area contributed by atoms with Crippen molar-refractivity contribution in [1.29, 1.82) is 0 Å². The third-order valence-corrected chi connectivity index (χ3v) is 4.89. The number of rotatable bonds is 8. The number of carbonyl (C=O) groups is 1. The molecule has 3 aromatic rings. The Kier molecular flexibility index (Phi) is 7.09. The number of morpholine rings is 1. The summed E-state index contributed by atoms with van der Waals surface area (Å²) in [6, 6.07) is 12.8. The van der Waals surface area contributed by atoms with Gasteiger partial charge < -0.3 is 20.1 Å². The van der Waals surface area contributed by atoms with Crippen LogP contribution in [0.3, 0.4) is 0 Å². The second-order valence-corrected chi connectivity index (χ2v) is 7.08. The van der Waals surface area contributed by atoms with Crippen molar-refractivity contribution in [1.82, 2.24) is 25.0 Å². The van der Waals surface area contributed by atoms with Gasteiger partial charge in [-0.1, -0.05) is 12.1 Å². The van der Waals surface area contributed by atoms with Crippen molar-refractivity contribution in [2.75, 3.05) is 44.8 Å². The van der Waals surface area contributed by atoms with Gasteiger partial charge in [-0.3, -0.25) is 4.90 Å². The van der Waals surface area contributed by atoms with Crippen LogP contribution in [0.4, 0.5) is 10.5 Å². The first-order valence-electron chi connectivity index (χ1n) is 10.3. The Hall–Kier alpha value is -3.43. The lowest BCUT2D eigenvalue weighted by Gasteiger charge is -2.26. The molecule has 1 fully saturated rings. The Morgan fingerprint density at radius 1 is 1.13 bits per heavy atom. The van der Waals surface area contributed by atoms with E-state index >= 15 is 0 Å². The van der Waals surface area contributed by atoms with Crippen LogP contribution in [-0.2, 0) is 11.3 Å². The van der Waals surface area contributed by atoms with Crippen molar-refractivity contribution in [2.24, 2.45) is 0 Å². The highest BCUT2D eigenvalue weighted by Gasteiger charge is 2.11. The molecule has 4 rings (SSSR count). The first kappa shape index (κ1) is 20.8. The van der Waals surface area contributed by atoms with Crippen LogP contribution >= 0.6 is 0 Å². The first-order chi connectivity index (χ1) is 15.3. The molecule has 2 aromatic heterocycles. The van der Waals surface area contributed by atoms with Crippen LogP contribution < -0.4 is 15.4 Å². The molecule has 2 N–H and O–H groups in total. The smallest absolute Gasteiger partial charge is 0.319 e. The number of nitrogens with one attached hydrogen (secondary N) is 2. The lowest BCUT2D eigenvalue weighted by Crippen LogP contribution is -2.38. The van der Waals surface area contributed by atoms with E-state index in [9.17, 15) is 4.79 Å². The predicted molar refractivity (Wildman–Crippen MR) is 116 cm³/mol. The van der Waals surface area contributed by atoms with E-state index in [1.165, 1.54) is 0 Å². The van der Waals surface area contributed by atoms with Crippen molar-refractivity contribution in [3.8, 4) is 11.6 Å². The third kappa shape index (κ3) is 6.03. The summed E-state index contributed by atoms with van der Waals surface area (Å²) >= 11 is 0. The van der Waals surface area contributed by atoms with Gasteiger partial charge in [-0.15, -0.1) is 0 Å². The lowest BCUT2D eigenvalue weighted by molar-refractivity contribution is 0.0322. The maximum Gasteiger partial charge on any atom is 0.319 e. The van der Waals surface area contributed by atoms with E-state index in [1.54, 1.807) is 41.5 Å². The van der Waals surface area contributed by atoms with E-state index < -0.39 is 0 Å². The summed E-state index contributed by atoms with van der Waals surface area (Å²) in [5.74, 6) is 1.35. The van der Waals surface area contributed by atoms with Crippen LogP contribution in [0.1, 0.15) is 5.56 Å². The average molecular weight is 422 g/mol. The van der Waals surface area contributed by atoms with Gasteiger partial charge in [0.1, 0.15) is 12.4 Å². The number of amides is 2. The van der Waals surface area contributed by atoms with E-state index in [1.807, 2.05) is 24.3 Å². The molecule has 1 aliphatic rings. The van der Waals surface area contributed by atoms with Gasteiger partial charge in [0, 0.05) is 44.8 Å². The predicted octanol–water partition coefficient (Wildman–Crippen LogP) is 2.30. The monoisotopic (exact) mass is 422 g/mol. The highest BCUT2D eigenvalue weighted by molar-refractivity contribution is 5.90. The maximum atomic E-state index is 12.4. The van der Waals surface area contributed by atoms with E-state index in [4.69, 9.17) is 9.47 Å². The molecule has 162 valence electrons. The molecule has 9 heteroatoms. The molecule has 31 heavy (non-hydrogen) atoms. The summed E-state index contributed by atoms with van der Waals surface area (Å²) in [4.78, 5) is 19.0. The van der Waals surface area contributed by atoms with E-state index in [0.29, 0.717) is 24.7 Å². The minimum absolute atomic E-state index is 0.319. The zero-order valence-electron chi connectivity index (χ0n) is 17.2. The summed E-state index contributed by atoms with van der Waals surface area (Å²) in [7, 11) is 0. The van der Waals surface area contributed by atoms with Gasteiger partial charge in [-0.2, -0.15) is 5.10 Å². The van der Waals surface area contributed by atoms with Gasteiger partial charge in [0.15, 0.2) is 5.82 Å². The molecule has 1 aromatic carbocycles. The minimum Gasteiger partial charge on any atom is -0.492 e.